The van der Waals surface area contributed by atoms with Crippen molar-refractivity contribution >= 4 is 28.3 Å². The zero-order valence-corrected chi connectivity index (χ0v) is 14.4. The van der Waals surface area contributed by atoms with Crippen LogP contribution in [-0.4, -0.2) is 23.1 Å². The molecule has 2 aliphatic rings. The number of aryl methyl sites for hydroxylation is 1. The fourth-order valence-corrected chi connectivity index (χ4v) is 4.07. The molecule has 1 N–H and O–H groups in total. The van der Waals surface area contributed by atoms with Crippen LogP contribution in [0, 0.1) is 23.7 Å². The molecule has 0 bridgehead atoms. The molecule has 0 unspecified atom stereocenters. The minimum absolute atomic E-state index is 0.0795. The molecule has 2 aromatic rings. The molecule has 3 heterocycles. The molecule has 0 atom stereocenters. The number of hydrogen-bond acceptors (Lipinski definition) is 3. The minimum Gasteiger partial charge on any atom is -0.368 e. The van der Waals surface area contributed by atoms with E-state index in [-0.39, 0.29) is 16.0 Å². The molecule has 1 aliphatic carbocycles. The first-order valence-electron chi connectivity index (χ1n) is 8.20. The highest BCUT2D eigenvalue weighted by Gasteiger charge is 2.47. The Morgan fingerprint density at radius 3 is 2.64 bits per heavy atom. The summed E-state index contributed by atoms with van der Waals surface area (Å²) in [6, 6.07) is 1.75. The van der Waals surface area contributed by atoms with Crippen molar-refractivity contribution in [3.63, 3.8) is 0 Å². The van der Waals surface area contributed by atoms with Crippen LogP contribution >= 0.6 is 11.6 Å². The highest BCUT2D eigenvalue weighted by atomic mass is 35.5. The van der Waals surface area contributed by atoms with Gasteiger partial charge in [0.2, 0.25) is 0 Å². The fraction of sp³-hybridized carbons (Fsp3) is 0.529. The van der Waals surface area contributed by atoms with Crippen molar-refractivity contribution in [1.82, 2.24) is 9.97 Å². The summed E-state index contributed by atoms with van der Waals surface area (Å²) < 4.78 is 40.6. The van der Waals surface area contributed by atoms with E-state index in [1.165, 1.54) is 0 Å². The topological polar surface area (TPSA) is 55.7 Å². The second kappa shape index (κ2) is 5.28. The van der Waals surface area contributed by atoms with E-state index in [1.807, 2.05) is 4.90 Å². The van der Waals surface area contributed by atoms with Crippen LogP contribution in [0.1, 0.15) is 42.6 Å². The number of nitriles is 1. The molecule has 1 saturated heterocycles. The average molecular weight is 369 g/mol. The number of aromatic amines is 1. The number of fused-ring (bicyclic) bond motifs is 1. The molecule has 0 radical (unpaired) electrons. The normalized spacial score (nSPS) is 19.4. The van der Waals surface area contributed by atoms with Crippen LogP contribution in [0.2, 0.25) is 5.02 Å². The third-order valence-corrected chi connectivity index (χ3v) is 5.80. The molecule has 1 aliphatic heterocycles. The van der Waals surface area contributed by atoms with Gasteiger partial charge >= 0.3 is 6.18 Å². The number of anilines is 1. The maximum atomic E-state index is 13.5. The third kappa shape index (κ3) is 2.54. The zero-order valence-electron chi connectivity index (χ0n) is 13.6. The predicted molar refractivity (Wildman–Crippen MR) is 88.7 cm³/mol. The summed E-state index contributed by atoms with van der Waals surface area (Å²) in [5.74, 6) is 0. The Kier molecular flexibility index (Phi) is 3.49. The summed E-state index contributed by atoms with van der Waals surface area (Å²) >= 11 is 6.18. The van der Waals surface area contributed by atoms with E-state index >= 15 is 0 Å². The molecule has 0 amide bonds. The number of pyridine rings is 1. The lowest BCUT2D eigenvalue weighted by molar-refractivity contribution is -0.141. The minimum atomic E-state index is -4.71. The molecule has 2 aromatic heterocycles. The van der Waals surface area contributed by atoms with Crippen molar-refractivity contribution in [2.75, 3.05) is 18.0 Å². The van der Waals surface area contributed by atoms with Crippen molar-refractivity contribution < 1.29 is 13.2 Å². The Bertz CT molecular complexity index is 905. The monoisotopic (exact) mass is 368 g/mol. The molecular weight excluding hydrogens is 353 g/mol. The Labute approximate surface area is 147 Å². The van der Waals surface area contributed by atoms with E-state index < -0.39 is 17.4 Å². The zero-order chi connectivity index (χ0) is 18.0. The highest BCUT2D eigenvalue weighted by molar-refractivity contribution is 6.36. The van der Waals surface area contributed by atoms with Crippen molar-refractivity contribution in [1.29, 1.82) is 5.26 Å². The molecule has 4 rings (SSSR count). The first-order chi connectivity index (χ1) is 11.8. The average Bonchev–Trinajstić information content (AvgIpc) is 3.23. The quantitative estimate of drug-likeness (QED) is 0.787. The summed E-state index contributed by atoms with van der Waals surface area (Å²) in [6.45, 7) is 2.99. The van der Waals surface area contributed by atoms with Gasteiger partial charge in [-0.1, -0.05) is 11.6 Å². The molecule has 132 valence electrons. The molecule has 1 spiro atoms. The Morgan fingerprint density at radius 2 is 2.04 bits per heavy atom. The number of rotatable bonds is 1. The van der Waals surface area contributed by atoms with E-state index in [1.54, 1.807) is 13.0 Å². The van der Waals surface area contributed by atoms with Gasteiger partial charge in [0.1, 0.15) is 17.1 Å². The van der Waals surface area contributed by atoms with Gasteiger partial charge in [-0.3, -0.25) is 0 Å². The second-order valence-electron chi connectivity index (χ2n) is 7.11. The van der Waals surface area contributed by atoms with Crippen LogP contribution in [0.5, 0.6) is 0 Å². The summed E-state index contributed by atoms with van der Waals surface area (Å²) in [4.78, 5) is 8.66. The van der Waals surface area contributed by atoms with E-state index in [0.717, 1.165) is 25.7 Å². The lowest BCUT2D eigenvalue weighted by atomic mass is 9.94. The fourth-order valence-electron chi connectivity index (χ4n) is 3.88. The Hall–Kier alpha value is -1.94. The van der Waals surface area contributed by atoms with Gasteiger partial charge in [0.25, 0.3) is 0 Å². The van der Waals surface area contributed by atoms with Crippen LogP contribution < -0.4 is 4.90 Å². The van der Waals surface area contributed by atoms with Gasteiger partial charge in [-0.05, 0) is 38.0 Å². The SMILES string of the molecule is Cc1[nH]c2c(N3CCCC4(CC4)C3)c(C#N)c(C(F)(F)F)nc2c1Cl. The van der Waals surface area contributed by atoms with Crippen LogP contribution in [0.25, 0.3) is 11.0 Å². The molecule has 8 heteroatoms. The van der Waals surface area contributed by atoms with Gasteiger partial charge < -0.3 is 9.88 Å². The van der Waals surface area contributed by atoms with Gasteiger partial charge in [-0.25, -0.2) is 4.98 Å². The first kappa shape index (κ1) is 16.5. The summed E-state index contributed by atoms with van der Waals surface area (Å²) in [5, 5.41) is 9.68. The van der Waals surface area contributed by atoms with Crippen molar-refractivity contribution in [2.24, 2.45) is 5.41 Å². The van der Waals surface area contributed by atoms with E-state index in [0.29, 0.717) is 30.0 Å². The van der Waals surface area contributed by atoms with Gasteiger partial charge in [-0.15, -0.1) is 0 Å². The highest BCUT2D eigenvalue weighted by Crippen LogP contribution is 2.53. The second-order valence-corrected chi connectivity index (χ2v) is 7.48. The standard InChI is InChI=1S/C17H16ClF3N4/c1-9-11(18)12-13(23-9)14(10(7-22)15(24-12)17(19,20)21)25-6-2-3-16(8-25)4-5-16/h23H,2-6,8H2,1H3. The van der Waals surface area contributed by atoms with Gasteiger partial charge in [0, 0.05) is 18.8 Å². The van der Waals surface area contributed by atoms with Crippen LogP contribution in [-0.2, 0) is 6.18 Å². The molecule has 1 saturated carbocycles. The number of hydrogen-bond donors (Lipinski definition) is 1. The Balaban J connectivity index is 2.00. The first-order valence-corrected chi connectivity index (χ1v) is 8.57. The lowest BCUT2D eigenvalue weighted by Gasteiger charge is -2.35. The lowest BCUT2D eigenvalue weighted by Crippen LogP contribution is -2.37. The summed E-state index contributed by atoms with van der Waals surface area (Å²) in [5.41, 5.74) is -0.0395. The summed E-state index contributed by atoms with van der Waals surface area (Å²) in [7, 11) is 0. The van der Waals surface area contributed by atoms with Crippen LogP contribution in [0.3, 0.4) is 0 Å². The van der Waals surface area contributed by atoms with Crippen molar-refractivity contribution in [2.45, 2.75) is 38.8 Å². The van der Waals surface area contributed by atoms with E-state index in [9.17, 15) is 18.4 Å². The van der Waals surface area contributed by atoms with E-state index in [2.05, 4.69) is 9.97 Å². The number of piperidine rings is 1. The largest absolute Gasteiger partial charge is 0.434 e. The molecule has 25 heavy (non-hydrogen) atoms. The van der Waals surface area contributed by atoms with Gasteiger partial charge in [0.05, 0.1) is 16.2 Å². The molecule has 4 nitrogen and oxygen atoms in total. The molecular formula is C17H16ClF3N4. The molecule has 0 aromatic carbocycles. The maximum absolute atomic E-state index is 13.5. The van der Waals surface area contributed by atoms with Gasteiger partial charge in [-0.2, -0.15) is 18.4 Å². The number of aromatic nitrogens is 2. The smallest absolute Gasteiger partial charge is 0.368 e. The van der Waals surface area contributed by atoms with Crippen molar-refractivity contribution in [3.8, 4) is 6.07 Å². The number of alkyl halides is 3. The third-order valence-electron chi connectivity index (χ3n) is 5.34. The van der Waals surface area contributed by atoms with Gasteiger partial charge in [0.15, 0.2) is 5.69 Å². The Morgan fingerprint density at radius 1 is 1.32 bits per heavy atom. The number of nitrogens with zero attached hydrogens (tertiary/aromatic N) is 3. The van der Waals surface area contributed by atoms with E-state index in [4.69, 9.17) is 11.6 Å². The van der Waals surface area contributed by atoms with Crippen molar-refractivity contribution in [3.05, 3.63) is 22.0 Å². The van der Waals surface area contributed by atoms with Crippen LogP contribution in [0.4, 0.5) is 18.9 Å². The predicted octanol–water partition coefficient (Wildman–Crippen LogP) is 4.80. The number of halogens is 4. The molecule has 2 fully saturated rings. The van der Waals surface area contributed by atoms with Crippen LogP contribution in [0.15, 0.2) is 0 Å². The maximum Gasteiger partial charge on any atom is 0.434 e. The number of nitrogens with one attached hydrogen (secondary N) is 1. The summed E-state index contributed by atoms with van der Waals surface area (Å²) in [6.07, 6.45) is -0.526. The number of H-pyrrole nitrogens is 1.